The number of carbonyl (C=O) groups is 6. The largest absolute Gasteiger partial charge is 0.481 e. The Morgan fingerprint density at radius 2 is 1.47 bits per heavy atom. The summed E-state index contributed by atoms with van der Waals surface area (Å²) in [4.78, 5) is 65.0. The van der Waals surface area contributed by atoms with Crippen molar-refractivity contribution in [3.05, 3.63) is 30.1 Å². The molecule has 1 unspecified atom stereocenters. The normalized spacial score (nSPS) is 14.9. The molecule has 1 fully saturated rings. The van der Waals surface area contributed by atoms with Crippen LogP contribution in [0.4, 0.5) is 0 Å². The van der Waals surface area contributed by atoms with Gasteiger partial charge >= 0.3 is 23.9 Å². The van der Waals surface area contributed by atoms with Gasteiger partial charge in [-0.15, -0.1) is 0 Å². The second kappa shape index (κ2) is 13.5. The molecule has 0 amide bonds. The number of carbonyl (C=O) groups excluding carboxylic acids is 2. The van der Waals surface area contributed by atoms with Crippen molar-refractivity contribution in [2.75, 3.05) is 13.6 Å². The first kappa shape index (κ1) is 26.3. The quantitative estimate of drug-likeness (QED) is 0.338. The molecule has 2 rings (SSSR count). The summed E-state index contributed by atoms with van der Waals surface area (Å²) in [6, 6.07) is 4.79. The molecule has 30 heavy (non-hydrogen) atoms. The fourth-order valence-electron chi connectivity index (χ4n) is 2.33. The third kappa shape index (κ3) is 11.2. The van der Waals surface area contributed by atoms with E-state index in [9.17, 15) is 28.8 Å². The molecular weight excluding hydrogens is 404 g/mol. The van der Waals surface area contributed by atoms with Gasteiger partial charge in [0.15, 0.2) is 0 Å². The Kier molecular flexibility index (Phi) is 11.8. The molecule has 164 valence electrons. The number of ketones is 2. The molecule has 0 bridgehead atoms. The molecule has 1 saturated heterocycles. The lowest BCUT2D eigenvalue weighted by atomic mass is 10.1. The molecule has 1 aliphatic rings. The van der Waals surface area contributed by atoms with Crippen molar-refractivity contribution in [3.63, 3.8) is 0 Å². The molecule has 0 aromatic carbocycles. The van der Waals surface area contributed by atoms with Crippen molar-refractivity contribution in [2.45, 2.75) is 31.7 Å². The van der Waals surface area contributed by atoms with Crippen molar-refractivity contribution in [3.8, 4) is 0 Å². The van der Waals surface area contributed by atoms with E-state index in [4.69, 9.17) is 20.4 Å². The predicted octanol–water partition coefficient (Wildman–Crippen LogP) is 0.0779. The Labute approximate surface area is 170 Å². The third-order valence-electron chi connectivity index (χ3n) is 3.69. The van der Waals surface area contributed by atoms with Gasteiger partial charge < -0.3 is 20.4 Å². The van der Waals surface area contributed by atoms with E-state index in [0.29, 0.717) is 6.04 Å². The van der Waals surface area contributed by atoms with Gasteiger partial charge in [-0.05, 0) is 38.1 Å². The van der Waals surface area contributed by atoms with Crippen LogP contribution in [0.5, 0.6) is 0 Å². The molecule has 12 heteroatoms. The molecule has 1 aromatic heterocycles. The number of carboxylic acid groups (broad SMARTS) is 4. The Hall–Kier alpha value is -3.67. The number of Topliss-reactive ketones (excluding diaryl/α,β-unsaturated/α-hetero) is 2. The van der Waals surface area contributed by atoms with Crippen molar-refractivity contribution < 1.29 is 49.2 Å². The average Bonchev–Trinajstić information content (AvgIpc) is 3.08. The molecule has 1 aliphatic heterocycles. The fraction of sp³-hybridized carbons (Fsp3) is 0.389. The van der Waals surface area contributed by atoms with Gasteiger partial charge in [-0.2, -0.15) is 0 Å². The summed E-state index contributed by atoms with van der Waals surface area (Å²) in [7, 11) is 2.19. The molecule has 0 radical (unpaired) electrons. The van der Waals surface area contributed by atoms with Gasteiger partial charge in [-0.25, -0.2) is 9.59 Å². The highest BCUT2D eigenvalue weighted by molar-refractivity contribution is 6.36. The highest BCUT2D eigenvalue weighted by atomic mass is 16.4. The number of aromatic nitrogens is 1. The molecule has 0 saturated carbocycles. The third-order valence-corrected chi connectivity index (χ3v) is 3.69. The molecule has 2 heterocycles. The summed E-state index contributed by atoms with van der Waals surface area (Å²) in [6.07, 6.45) is 4.51. The van der Waals surface area contributed by atoms with Gasteiger partial charge in [0.2, 0.25) is 0 Å². The van der Waals surface area contributed by atoms with Crippen LogP contribution in [0.15, 0.2) is 24.5 Å². The summed E-state index contributed by atoms with van der Waals surface area (Å²) >= 11 is 0. The Bertz CT molecular complexity index is 740. The van der Waals surface area contributed by atoms with Crippen LogP contribution in [0.25, 0.3) is 0 Å². The maximum atomic E-state index is 9.97. The van der Waals surface area contributed by atoms with Gasteiger partial charge in [0.1, 0.15) is 12.8 Å². The van der Waals surface area contributed by atoms with Crippen LogP contribution in [0.2, 0.25) is 0 Å². The maximum Gasteiger partial charge on any atom is 0.372 e. The van der Waals surface area contributed by atoms with E-state index in [2.05, 4.69) is 23.0 Å². The maximum absolute atomic E-state index is 9.97. The van der Waals surface area contributed by atoms with Crippen LogP contribution < -0.4 is 0 Å². The smallest absolute Gasteiger partial charge is 0.372 e. The zero-order valence-electron chi connectivity index (χ0n) is 16.1. The van der Waals surface area contributed by atoms with Gasteiger partial charge in [-0.3, -0.25) is 29.1 Å². The van der Waals surface area contributed by atoms with E-state index in [1.54, 1.807) is 0 Å². The monoisotopic (exact) mass is 426 g/mol. The van der Waals surface area contributed by atoms with Gasteiger partial charge in [-0.1, -0.05) is 6.07 Å². The van der Waals surface area contributed by atoms with E-state index in [0.717, 1.165) is 0 Å². The minimum atomic E-state index is -1.71. The second-order valence-corrected chi connectivity index (χ2v) is 6.02. The topological polar surface area (TPSA) is 199 Å². The zero-order valence-corrected chi connectivity index (χ0v) is 16.1. The van der Waals surface area contributed by atoms with Crippen LogP contribution in [0.3, 0.4) is 0 Å². The predicted molar refractivity (Wildman–Crippen MR) is 98.6 cm³/mol. The molecule has 1 aromatic rings. The molecule has 0 spiro atoms. The average molecular weight is 426 g/mol. The van der Waals surface area contributed by atoms with Crippen LogP contribution in [0, 0.1) is 0 Å². The number of rotatable bonds is 7. The minimum Gasteiger partial charge on any atom is -0.481 e. The Balaban J connectivity index is 0.000000430. The summed E-state index contributed by atoms with van der Waals surface area (Å²) in [5, 5.41) is 31.3. The molecule has 12 nitrogen and oxygen atoms in total. The molecule has 4 N–H and O–H groups in total. The van der Waals surface area contributed by atoms with E-state index >= 15 is 0 Å². The highest BCUT2D eigenvalue weighted by Gasteiger charge is 2.22. The van der Waals surface area contributed by atoms with Gasteiger partial charge in [0, 0.05) is 18.4 Å². The fourth-order valence-corrected chi connectivity index (χ4v) is 2.33. The van der Waals surface area contributed by atoms with Crippen LogP contribution in [-0.4, -0.2) is 79.3 Å². The zero-order chi connectivity index (χ0) is 23.3. The number of carboxylic acids is 4. The number of likely N-dealkylation sites (tertiary alicyclic amines) is 1. The van der Waals surface area contributed by atoms with Crippen LogP contribution in [0.1, 0.15) is 37.3 Å². The first-order valence-corrected chi connectivity index (χ1v) is 8.51. The summed E-state index contributed by atoms with van der Waals surface area (Å²) in [6.45, 7) is 1.22. The molecule has 0 aliphatic carbocycles. The lowest BCUT2D eigenvalue weighted by Crippen LogP contribution is -2.17. The first-order chi connectivity index (χ1) is 14.0. The first-order valence-electron chi connectivity index (χ1n) is 8.51. The van der Waals surface area contributed by atoms with Crippen LogP contribution >= 0.6 is 0 Å². The summed E-state index contributed by atoms with van der Waals surface area (Å²) < 4.78 is 0. The number of pyridine rings is 1. The van der Waals surface area contributed by atoms with Gasteiger partial charge in [0.25, 0.3) is 11.6 Å². The molecule has 1 atom stereocenters. The van der Waals surface area contributed by atoms with Gasteiger partial charge in [0.05, 0.1) is 0 Å². The lowest BCUT2D eigenvalue weighted by molar-refractivity contribution is -0.152. The number of hydrogen-bond donors (Lipinski definition) is 4. The van der Waals surface area contributed by atoms with Crippen LogP contribution in [-0.2, 0) is 28.8 Å². The van der Waals surface area contributed by atoms with Crippen molar-refractivity contribution in [1.29, 1.82) is 0 Å². The van der Waals surface area contributed by atoms with E-state index in [1.165, 1.54) is 24.9 Å². The molecular formula is C18H22N2O10. The van der Waals surface area contributed by atoms with Crippen molar-refractivity contribution in [2.24, 2.45) is 0 Å². The van der Waals surface area contributed by atoms with E-state index in [-0.39, 0.29) is 0 Å². The van der Waals surface area contributed by atoms with E-state index in [1.807, 2.05) is 18.5 Å². The summed E-state index contributed by atoms with van der Waals surface area (Å²) in [5.74, 6) is -8.88. The Morgan fingerprint density at radius 3 is 1.73 bits per heavy atom. The van der Waals surface area contributed by atoms with Crippen molar-refractivity contribution in [1.82, 2.24) is 9.88 Å². The minimum absolute atomic E-state index is 0.610. The SMILES string of the molecule is CN1CCCC1c1cccnc1.O=C(O)CC(=O)C(=O)O.O=C(O)CC(=O)C(=O)O. The van der Waals surface area contributed by atoms with E-state index < -0.39 is 48.3 Å². The second-order valence-electron chi connectivity index (χ2n) is 6.02. The summed E-state index contributed by atoms with van der Waals surface area (Å²) in [5.41, 5.74) is 1.36. The van der Waals surface area contributed by atoms with Crippen molar-refractivity contribution >= 4 is 35.4 Å². The number of hydrogen-bond acceptors (Lipinski definition) is 8. The number of nitrogens with zero attached hydrogens (tertiary/aromatic N) is 2. The highest BCUT2D eigenvalue weighted by Crippen LogP contribution is 2.29. The Morgan fingerprint density at radius 1 is 0.967 bits per heavy atom. The standard InChI is InChI=1S/C10H14N2.2C4H4O5/c1-12-7-3-5-10(12)9-4-2-6-11-8-9;2*5-2(4(8)9)1-3(6)7/h2,4,6,8,10H,3,5,7H2,1H3;2*1H2,(H,6,7)(H,8,9). The number of aliphatic carboxylic acids is 4. The lowest BCUT2D eigenvalue weighted by Gasteiger charge is -2.18.